The van der Waals surface area contributed by atoms with Gasteiger partial charge in [-0.2, -0.15) is 0 Å². The fraction of sp³-hybridized carbons (Fsp3) is 0.500. The number of hydrogen-bond acceptors (Lipinski definition) is 6. The van der Waals surface area contributed by atoms with Crippen molar-refractivity contribution in [1.82, 2.24) is 14.9 Å². The van der Waals surface area contributed by atoms with Crippen LogP contribution in [0.3, 0.4) is 0 Å². The number of aromatic nitrogens is 2. The fourth-order valence-electron chi connectivity index (χ4n) is 3.62. The first-order valence-corrected chi connectivity index (χ1v) is 9.31. The van der Waals surface area contributed by atoms with E-state index in [1.807, 2.05) is 19.2 Å². The lowest BCUT2D eigenvalue weighted by Gasteiger charge is -2.33. The summed E-state index contributed by atoms with van der Waals surface area (Å²) in [6.07, 6.45) is 6.90. The Morgan fingerprint density at radius 3 is 3.04 bits per heavy atom. The van der Waals surface area contributed by atoms with E-state index in [1.54, 1.807) is 12.4 Å². The van der Waals surface area contributed by atoms with Crippen molar-refractivity contribution in [2.45, 2.75) is 25.8 Å². The lowest BCUT2D eigenvalue weighted by molar-refractivity contribution is 0.166. The Hall–Kier alpha value is -2.18. The topological polar surface area (TPSA) is 70.5 Å². The van der Waals surface area contributed by atoms with Crippen molar-refractivity contribution in [3.05, 3.63) is 47.9 Å². The maximum absolute atomic E-state index is 8.90. The molecule has 140 valence electrons. The molecule has 6 nitrogen and oxygen atoms in total. The Labute approximate surface area is 155 Å². The van der Waals surface area contributed by atoms with E-state index in [0.29, 0.717) is 12.5 Å². The average Bonchev–Trinajstić information content (AvgIpc) is 2.67. The molecule has 2 N–H and O–H groups in total. The molecule has 1 fully saturated rings. The lowest BCUT2D eigenvalue weighted by atomic mass is 9.93. The highest BCUT2D eigenvalue weighted by atomic mass is 16.5. The van der Waals surface area contributed by atoms with Crippen LogP contribution in [0.5, 0.6) is 5.75 Å². The molecule has 26 heavy (non-hydrogen) atoms. The van der Waals surface area contributed by atoms with Crippen LogP contribution >= 0.6 is 0 Å². The average molecular weight is 356 g/mol. The van der Waals surface area contributed by atoms with E-state index in [-0.39, 0.29) is 6.61 Å². The second-order valence-electron chi connectivity index (χ2n) is 6.77. The highest BCUT2D eigenvalue weighted by molar-refractivity contribution is 5.38. The highest BCUT2D eigenvalue weighted by Crippen LogP contribution is 2.24. The van der Waals surface area contributed by atoms with Gasteiger partial charge in [0.1, 0.15) is 18.2 Å². The van der Waals surface area contributed by atoms with Crippen molar-refractivity contribution >= 4 is 5.82 Å². The molecule has 0 bridgehead atoms. The molecule has 2 aromatic rings. The van der Waals surface area contributed by atoms with Gasteiger partial charge in [0.15, 0.2) is 0 Å². The van der Waals surface area contributed by atoms with E-state index in [4.69, 9.17) is 9.84 Å². The smallest absolute Gasteiger partial charge is 0.147 e. The number of benzene rings is 1. The molecule has 1 aromatic heterocycles. The molecule has 1 aliphatic rings. The maximum atomic E-state index is 8.90. The zero-order chi connectivity index (χ0) is 18.2. The lowest BCUT2D eigenvalue weighted by Crippen LogP contribution is -2.36. The molecule has 0 radical (unpaired) electrons. The van der Waals surface area contributed by atoms with Crippen molar-refractivity contribution < 1.29 is 9.84 Å². The third-order valence-corrected chi connectivity index (χ3v) is 4.76. The monoisotopic (exact) mass is 356 g/mol. The molecule has 0 amide bonds. The predicted molar refractivity (Wildman–Crippen MR) is 102 cm³/mol. The number of hydrogen-bond donors (Lipinski definition) is 2. The van der Waals surface area contributed by atoms with Crippen LogP contribution in [0.25, 0.3) is 0 Å². The number of rotatable bonds is 8. The van der Waals surface area contributed by atoms with Crippen molar-refractivity contribution in [2.24, 2.45) is 5.92 Å². The molecule has 0 unspecified atom stereocenters. The normalized spacial score (nSPS) is 17.8. The van der Waals surface area contributed by atoms with Crippen LogP contribution in [0.15, 0.2) is 36.7 Å². The molecule has 0 saturated carbocycles. The summed E-state index contributed by atoms with van der Waals surface area (Å²) in [4.78, 5) is 11.4. The van der Waals surface area contributed by atoms with Crippen LogP contribution < -0.4 is 10.1 Å². The van der Waals surface area contributed by atoms with Crippen molar-refractivity contribution in [2.75, 3.05) is 38.7 Å². The van der Waals surface area contributed by atoms with Gasteiger partial charge in [-0.25, -0.2) is 4.98 Å². The number of aliphatic hydroxyl groups excluding tert-OH is 1. The number of nitrogens with zero attached hydrogens (tertiary/aromatic N) is 3. The molecule has 1 saturated heterocycles. The first kappa shape index (κ1) is 18.6. The van der Waals surface area contributed by atoms with E-state index < -0.39 is 0 Å². The first-order chi connectivity index (χ1) is 12.8. The van der Waals surface area contributed by atoms with Gasteiger partial charge in [-0.05, 0) is 49.4 Å². The first-order valence-electron chi connectivity index (χ1n) is 9.31. The Morgan fingerprint density at radius 2 is 2.19 bits per heavy atom. The summed E-state index contributed by atoms with van der Waals surface area (Å²) >= 11 is 0. The van der Waals surface area contributed by atoms with E-state index in [1.165, 1.54) is 18.4 Å². The largest absolute Gasteiger partial charge is 0.491 e. The third-order valence-electron chi connectivity index (χ3n) is 4.76. The van der Waals surface area contributed by atoms with Crippen LogP contribution in [0, 0.1) is 5.92 Å². The van der Waals surface area contributed by atoms with E-state index in [9.17, 15) is 0 Å². The molecule has 6 heteroatoms. The van der Waals surface area contributed by atoms with Gasteiger partial charge in [-0.15, -0.1) is 0 Å². The van der Waals surface area contributed by atoms with Crippen molar-refractivity contribution in [3.63, 3.8) is 0 Å². The molecule has 1 aliphatic heterocycles. The Bertz CT molecular complexity index is 695. The van der Waals surface area contributed by atoms with Gasteiger partial charge in [0.05, 0.1) is 12.3 Å². The van der Waals surface area contributed by atoms with Crippen LogP contribution in [0.2, 0.25) is 0 Å². The molecular weight excluding hydrogens is 328 g/mol. The zero-order valence-electron chi connectivity index (χ0n) is 15.4. The highest BCUT2D eigenvalue weighted by Gasteiger charge is 2.22. The maximum Gasteiger partial charge on any atom is 0.147 e. The second-order valence-corrected chi connectivity index (χ2v) is 6.77. The molecule has 0 spiro atoms. The summed E-state index contributed by atoms with van der Waals surface area (Å²) in [7, 11) is 1.90. The number of anilines is 1. The zero-order valence-corrected chi connectivity index (χ0v) is 15.4. The minimum absolute atomic E-state index is 0.0367. The number of aliphatic hydroxyl groups is 1. The molecule has 0 aliphatic carbocycles. The molecule has 3 rings (SSSR count). The van der Waals surface area contributed by atoms with Gasteiger partial charge in [-0.1, -0.05) is 12.1 Å². The van der Waals surface area contributed by atoms with Gasteiger partial charge >= 0.3 is 0 Å². The summed E-state index contributed by atoms with van der Waals surface area (Å²) < 4.78 is 5.52. The summed E-state index contributed by atoms with van der Waals surface area (Å²) in [6.45, 7) is 3.49. The quantitative estimate of drug-likeness (QED) is 0.757. The SMILES string of the molecule is CNc1nccnc1C[C@H]1CCCN(Cc2cccc(OCCO)c2)C1. The predicted octanol–water partition coefficient (Wildman–Crippen LogP) is 2.34. The minimum atomic E-state index is 0.0367. The van der Waals surface area contributed by atoms with Crippen LogP contribution in [-0.2, 0) is 13.0 Å². The number of nitrogens with one attached hydrogen (secondary N) is 1. The second kappa shape index (κ2) is 9.50. The van der Waals surface area contributed by atoms with Crippen LogP contribution in [-0.4, -0.2) is 53.3 Å². The number of likely N-dealkylation sites (tertiary alicyclic amines) is 1. The summed E-state index contributed by atoms with van der Waals surface area (Å²) in [5.41, 5.74) is 2.30. The number of piperidine rings is 1. The summed E-state index contributed by atoms with van der Waals surface area (Å²) in [6, 6.07) is 8.16. The summed E-state index contributed by atoms with van der Waals surface area (Å²) in [5.74, 6) is 2.31. The molecule has 1 atom stereocenters. The van der Waals surface area contributed by atoms with Gasteiger partial charge in [-0.3, -0.25) is 9.88 Å². The molecular formula is C20H28N4O2. The van der Waals surface area contributed by atoms with E-state index >= 15 is 0 Å². The summed E-state index contributed by atoms with van der Waals surface area (Å²) in [5, 5.41) is 12.0. The standard InChI is InChI=1S/C20H28N4O2/c1-21-20-19(22-7-8-23-20)13-17-5-3-9-24(15-17)14-16-4-2-6-18(12-16)26-11-10-25/h2,4,6-8,12,17,25H,3,5,9-11,13-15H2,1H3,(H,21,23)/t17-/m1/s1. The van der Waals surface area contributed by atoms with Gasteiger partial charge in [0.2, 0.25) is 0 Å². The minimum Gasteiger partial charge on any atom is -0.491 e. The van der Waals surface area contributed by atoms with E-state index in [2.05, 4.69) is 32.3 Å². The molecule has 1 aromatic carbocycles. The Kier molecular flexibility index (Phi) is 6.80. The third kappa shape index (κ3) is 5.16. The van der Waals surface area contributed by atoms with Gasteiger partial charge in [0, 0.05) is 32.5 Å². The van der Waals surface area contributed by atoms with Crippen LogP contribution in [0.4, 0.5) is 5.82 Å². The number of ether oxygens (including phenoxy) is 1. The van der Waals surface area contributed by atoms with E-state index in [0.717, 1.165) is 43.3 Å². The van der Waals surface area contributed by atoms with Crippen molar-refractivity contribution in [1.29, 1.82) is 0 Å². The van der Waals surface area contributed by atoms with Gasteiger partial charge in [0.25, 0.3) is 0 Å². The van der Waals surface area contributed by atoms with Crippen LogP contribution in [0.1, 0.15) is 24.1 Å². The Balaban J connectivity index is 1.58. The Morgan fingerprint density at radius 1 is 1.31 bits per heavy atom. The molecule has 2 heterocycles. The van der Waals surface area contributed by atoms with Gasteiger partial charge < -0.3 is 15.2 Å². The fourth-order valence-corrected chi connectivity index (χ4v) is 3.62. The van der Waals surface area contributed by atoms with Crippen molar-refractivity contribution in [3.8, 4) is 5.75 Å².